The van der Waals surface area contributed by atoms with Crippen molar-refractivity contribution in [3.8, 4) is 0 Å². The first-order valence-corrected chi connectivity index (χ1v) is 7.00. The van der Waals surface area contributed by atoms with Crippen molar-refractivity contribution in [1.29, 1.82) is 0 Å². The summed E-state index contributed by atoms with van der Waals surface area (Å²) >= 11 is 0. The molecule has 2 rings (SSSR count). The monoisotopic (exact) mass is 306 g/mol. The summed E-state index contributed by atoms with van der Waals surface area (Å²) in [5.41, 5.74) is 6.68. The van der Waals surface area contributed by atoms with Crippen LogP contribution < -0.4 is 5.73 Å². The molecule has 3 nitrogen and oxygen atoms in total. The molecule has 0 saturated carbocycles. The molecule has 0 aliphatic heterocycles. The maximum Gasteiger partial charge on any atom is 0.229 e. The van der Waals surface area contributed by atoms with Crippen molar-refractivity contribution in [2.45, 2.75) is 25.8 Å². The molecule has 1 amide bonds. The van der Waals surface area contributed by atoms with E-state index in [2.05, 4.69) is 24.3 Å². The summed E-state index contributed by atoms with van der Waals surface area (Å²) in [6.45, 7) is 4.39. The van der Waals surface area contributed by atoms with Crippen molar-refractivity contribution in [3.63, 3.8) is 0 Å². The minimum atomic E-state index is -0.154. The van der Waals surface area contributed by atoms with Gasteiger partial charge in [-0.05, 0) is 30.2 Å². The summed E-state index contributed by atoms with van der Waals surface area (Å²) in [6, 6.07) is 14.4. The van der Waals surface area contributed by atoms with Gasteiger partial charge in [-0.25, -0.2) is 0 Å². The highest BCUT2D eigenvalue weighted by molar-refractivity contribution is 5.87. The predicted molar refractivity (Wildman–Crippen MR) is 90.9 cm³/mol. The van der Waals surface area contributed by atoms with Crippen molar-refractivity contribution in [2.75, 3.05) is 13.6 Å². The Morgan fingerprint density at radius 1 is 1.14 bits per heavy atom. The van der Waals surface area contributed by atoms with Crippen LogP contribution in [-0.2, 0) is 4.79 Å². The molecule has 0 saturated heterocycles. The van der Waals surface area contributed by atoms with Gasteiger partial charge < -0.3 is 10.6 Å². The predicted octanol–water partition coefficient (Wildman–Crippen LogP) is 3.17. The lowest BCUT2D eigenvalue weighted by Crippen LogP contribution is -2.41. The van der Waals surface area contributed by atoms with Gasteiger partial charge in [-0.15, -0.1) is 12.4 Å². The van der Waals surface area contributed by atoms with Gasteiger partial charge in [-0.2, -0.15) is 0 Å². The van der Waals surface area contributed by atoms with Gasteiger partial charge in [0, 0.05) is 19.6 Å². The number of nitrogens with zero attached hydrogens (tertiary/aromatic N) is 1. The van der Waals surface area contributed by atoms with Crippen LogP contribution in [-0.4, -0.2) is 30.4 Å². The van der Waals surface area contributed by atoms with Crippen LogP contribution in [0.3, 0.4) is 0 Å². The molecule has 0 aromatic heterocycles. The highest BCUT2D eigenvalue weighted by Gasteiger charge is 2.22. The number of nitrogens with two attached hydrogens (primary N) is 1. The average Bonchev–Trinajstić information content (AvgIpc) is 2.51. The number of hydrogen-bond acceptors (Lipinski definition) is 2. The summed E-state index contributed by atoms with van der Waals surface area (Å²) in [7, 11) is 1.82. The molecule has 0 radical (unpaired) electrons. The molecule has 0 heterocycles. The summed E-state index contributed by atoms with van der Waals surface area (Å²) in [5.74, 6) is -0.0446. The molecule has 2 unspecified atom stereocenters. The first-order valence-electron chi connectivity index (χ1n) is 7.00. The number of carbonyl (C=O) groups excluding carboxylic acids is 1. The highest BCUT2D eigenvalue weighted by Crippen LogP contribution is 2.23. The number of rotatable bonds is 4. The molecule has 2 N–H and O–H groups in total. The zero-order chi connectivity index (χ0) is 14.7. The van der Waals surface area contributed by atoms with E-state index in [4.69, 9.17) is 5.73 Å². The average molecular weight is 307 g/mol. The molecule has 114 valence electrons. The summed E-state index contributed by atoms with van der Waals surface area (Å²) in [5, 5.41) is 2.36. The molecule has 0 bridgehead atoms. The first-order chi connectivity index (χ1) is 9.54. The molecule has 2 aromatic carbocycles. The molecule has 0 aliphatic carbocycles. The zero-order valence-corrected chi connectivity index (χ0v) is 13.6. The molecule has 21 heavy (non-hydrogen) atoms. The Kier molecular flexibility index (Phi) is 6.19. The second-order valence-corrected chi connectivity index (χ2v) is 5.36. The van der Waals surface area contributed by atoms with E-state index in [0.29, 0.717) is 6.54 Å². The van der Waals surface area contributed by atoms with Gasteiger partial charge in [0.25, 0.3) is 0 Å². The molecule has 0 aliphatic rings. The molecule has 0 fully saturated rings. The molecular formula is C17H23ClN2O. The van der Waals surface area contributed by atoms with E-state index in [1.54, 1.807) is 4.90 Å². The van der Waals surface area contributed by atoms with E-state index in [1.165, 1.54) is 10.8 Å². The number of halogens is 1. The highest BCUT2D eigenvalue weighted by atomic mass is 35.5. The molecular weight excluding hydrogens is 284 g/mol. The van der Waals surface area contributed by atoms with Gasteiger partial charge in [0.2, 0.25) is 5.91 Å². The standard InChI is InChI=1S/C17H22N2O.ClH/c1-12(11-18)19(3)17(20)13(2)15-9-8-14-6-4-5-7-16(14)10-15;/h4-10,12-13H,11,18H2,1-3H3;1H. The van der Waals surface area contributed by atoms with E-state index >= 15 is 0 Å². The third-order valence-corrected chi connectivity index (χ3v) is 3.99. The van der Waals surface area contributed by atoms with Gasteiger partial charge in [-0.3, -0.25) is 4.79 Å². The van der Waals surface area contributed by atoms with Crippen molar-refractivity contribution >= 4 is 29.1 Å². The van der Waals surface area contributed by atoms with Crippen LogP contribution in [0, 0.1) is 0 Å². The third kappa shape index (κ3) is 3.74. The van der Waals surface area contributed by atoms with Gasteiger partial charge >= 0.3 is 0 Å². The summed E-state index contributed by atoms with van der Waals surface area (Å²) in [6.07, 6.45) is 0. The van der Waals surface area contributed by atoms with E-state index in [-0.39, 0.29) is 30.3 Å². The summed E-state index contributed by atoms with van der Waals surface area (Å²) in [4.78, 5) is 14.2. The van der Waals surface area contributed by atoms with E-state index in [9.17, 15) is 4.79 Å². The van der Waals surface area contributed by atoms with Crippen molar-refractivity contribution in [2.24, 2.45) is 5.73 Å². The molecule has 0 spiro atoms. The number of benzene rings is 2. The van der Waals surface area contributed by atoms with E-state index in [1.807, 2.05) is 39.1 Å². The van der Waals surface area contributed by atoms with Crippen LogP contribution >= 0.6 is 12.4 Å². The SMILES string of the molecule is CC(C(=O)N(C)C(C)CN)c1ccc2ccccc2c1.Cl. The van der Waals surface area contributed by atoms with Crippen LogP contribution in [0.15, 0.2) is 42.5 Å². The second kappa shape index (κ2) is 7.43. The number of carbonyl (C=O) groups is 1. The Morgan fingerprint density at radius 3 is 2.38 bits per heavy atom. The number of amides is 1. The first kappa shape index (κ1) is 17.5. The normalized spacial score (nSPS) is 13.3. The lowest BCUT2D eigenvalue weighted by atomic mass is 9.96. The lowest BCUT2D eigenvalue weighted by Gasteiger charge is -2.27. The Hall–Kier alpha value is -1.58. The zero-order valence-electron chi connectivity index (χ0n) is 12.7. The van der Waals surface area contributed by atoms with Crippen LogP contribution in [0.4, 0.5) is 0 Å². The van der Waals surface area contributed by atoms with Gasteiger partial charge in [0.05, 0.1) is 5.92 Å². The van der Waals surface area contributed by atoms with Crippen molar-refractivity contribution in [1.82, 2.24) is 4.90 Å². The van der Waals surface area contributed by atoms with Gasteiger partial charge in [0.1, 0.15) is 0 Å². The molecule has 4 heteroatoms. The van der Waals surface area contributed by atoms with Crippen molar-refractivity contribution in [3.05, 3.63) is 48.0 Å². The number of hydrogen-bond donors (Lipinski definition) is 1. The maximum atomic E-state index is 12.5. The molecule has 2 atom stereocenters. The van der Waals surface area contributed by atoms with Crippen LogP contribution in [0.5, 0.6) is 0 Å². The Bertz CT molecular complexity index is 615. The van der Waals surface area contributed by atoms with Gasteiger partial charge in [0.15, 0.2) is 0 Å². The Morgan fingerprint density at radius 2 is 1.76 bits per heavy atom. The fraction of sp³-hybridized carbons (Fsp3) is 0.353. The van der Waals surface area contributed by atoms with Crippen molar-refractivity contribution < 1.29 is 4.79 Å². The maximum absolute atomic E-state index is 12.5. The van der Waals surface area contributed by atoms with Crippen LogP contribution in [0.2, 0.25) is 0 Å². The minimum Gasteiger partial charge on any atom is -0.341 e. The topological polar surface area (TPSA) is 46.3 Å². The largest absolute Gasteiger partial charge is 0.341 e. The van der Waals surface area contributed by atoms with Crippen LogP contribution in [0.1, 0.15) is 25.3 Å². The van der Waals surface area contributed by atoms with Gasteiger partial charge in [-0.1, -0.05) is 42.5 Å². The molecule has 2 aromatic rings. The van der Waals surface area contributed by atoms with Crippen LogP contribution in [0.25, 0.3) is 10.8 Å². The van der Waals surface area contributed by atoms with E-state index < -0.39 is 0 Å². The fourth-order valence-corrected chi connectivity index (χ4v) is 2.30. The van der Waals surface area contributed by atoms with E-state index in [0.717, 1.165) is 5.56 Å². The minimum absolute atomic E-state index is 0. The smallest absolute Gasteiger partial charge is 0.229 e. The number of likely N-dealkylation sites (N-methyl/N-ethyl adjacent to an activating group) is 1. The Balaban J connectivity index is 0.00000220. The fourth-order valence-electron chi connectivity index (χ4n) is 2.30. The third-order valence-electron chi connectivity index (χ3n) is 3.99. The number of fused-ring (bicyclic) bond motifs is 1. The summed E-state index contributed by atoms with van der Waals surface area (Å²) < 4.78 is 0. The lowest BCUT2D eigenvalue weighted by molar-refractivity contribution is -0.132. The quantitative estimate of drug-likeness (QED) is 0.943. The second-order valence-electron chi connectivity index (χ2n) is 5.36. The Labute approximate surface area is 132 Å².